The van der Waals surface area contributed by atoms with Crippen molar-refractivity contribution in [3.8, 4) is 0 Å². The summed E-state index contributed by atoms with van der Waals surface area (Å²) in [6.45, 7) is 0.508. The summed E-state index contributed by atoms with van der Waals surface area (Å²) in [5, 5.41) is 13.0. The first-order valence-corrected chi connectivity index (χ1v) is 6.35. The number of carbonyl (C=O) groups is 1. The van der Waals surface area contributed by atoms with Crippen LogP contribution < -0.4 is 5.32 Å². The van der Waals surface area contributed by atoms with E-state index < -0.39 is 5.97 Å². The molecule has 2 aromatic heterocycles. The summed E-state index contributed by atoms with van der Waals surface area (Å²) in [4.78, 5) is 23.7. The molecular weight excluding hydrogens is 304 g/mol. The summed E-state index contributed by atoms with van der Waals surface area (Å²) in [6.07, 6.45) is 4.86. The number of benzene rings is 1. The fraction of sp³-hybridized carbons (Fsp3) is 0.0667. The fourth-order valence-electron chi connectivity index (χ4n) is 2.11. The molecule has 22 heavy (non-hydrogen) atoms. The van der Waals surface area contributed by atoms with E-state index in [1.54, 1.807) is 30.6 Å². The second kappa shape index (κ2) is 6.82. The Hall–Kier alpha value is -2.73. The van der Waals surface area contributed by atoms with Crippen LogP contribution in [0.4, 0.5) is 5.82 Å². The largest absolute Gasteiger partial charge is 0.478 e. The zero-order valence-electron chi connectivity index (χ0n) is 11.4. The van der Waals surface area contributed by atoms with Gasteiger partial charge >= 0.3 is 5.97 Å². The number of aromatic carboxylic acids is 1. The van der Waals surface area contributed by atoms with Crippen LogP contribution in [0.1, 0.15) is 15.9 Å². The number of carboxylic acid groups (broad SMARTS) is 1. The van der Waals surface area contributed by atoms with Gasteiger partial charge in [0.15, 0.2) is 0 Å². The monoisotopic (exact) mass is 316 g/mol. The summed E-state index contributed by atoms with van der Waals surface area (Å²) >= 11 is 0. The molecule has 0 unspecified atom stereocenters. The number of halogens is 1. The van der Waals surface area contributed by atoms with E-state index >= 15 is 0 Å². The number of nitrogens with one attached hydrogen (secondary N) is 1. The van der Waals surface area contributed by atoms with E-state index in [1.807, 2.05) is 12.1 Å². The van der Waals surface area contributed by atoms with Crippen molar-refractivity contribution >= 4 is 35.1 Å². The van der Waals surface area contributed by atoms with Crippen LogP contribution in [0.3, 0.4) is 0 Å². The molecule has 0 spiro atoms. The molecule has 2 heterocycles. The molecule has 0 fully saturated rings. The van der Waals surface area contributed by atoms with Crippen molar-refractivity contribution in [3.63, 3.8) is 0 Å². The lowest BCUT2D eigenvalue weighted by molar-refractivity contribution is 0.0699. The van der Waals surface area contributed by atoms with Crippen molar-refractivity contribution in [1.29, 1.82) is 0 Å². The zero-order valence-corrected chi connectivity index (χ0v) is 12.2. The van der Waals surface area contributed by atoms with Gasteiger partial charge in [0, 0.05) is 18.9 Å². The fourth-order valence-corrected chi connectivity index (χ4v) is 2.11. The SMILES string of the molecule is Cl.O=C(O)c1cccc2ncnc(NCc3cccnc3)c12. The van der Waals surface area contributed by atoms with Crippen molar-refractivity contribution in [2.75, 3.05) is 5.32 Å². The van der Waals surface area contributed by atoms with Crippen LogP contribution in [0, 0.1) is 0 Å². The maximum atomic E-state index is 11.3. The molecule has 0 bridgehead atoms. The molecule has 0 saturated heterocycles. The Morgan fingerprint density at radius 3 is 2.77 bits per heavy atom. The van der Waals surface area contributed by atoms with Crippen molar-refractivity contribution in [2.45, 2.75) is 6.54 Å². The lowest BCUT2D eigenvalue weighted by Gasteiger charge is -2.10. The van der Waals surface area contributed by atoms with Crippen molar-refractivity contribution in [2.24, 2.45) is 0 Å². The minimum Gasteiger partial charge on any atom is -0.478 e. The number of rotatable bonds is 4. The Kier molecular flexibility index (Phi) is 4.85. The molecule has 6 nitrogen and oxygen atoms in total. The van der Waals surface area contributed by atoms with Gasteiger partial charge in [-0.2, -0.15) is 0 Å². The van der Waals surface area contributed by atoms with E-state index in [4.69, 9.17) is 0 Å². The van der Waals surface area contributed by atoms with Crippen LogP contribution in [0.25, 0.3) is 10.9 Å². The number of fused-ring (bicyclic) bond motifs is 1. The standard InChI is InChI=1S/C15H12N4O2.ClH/c20-15(21)11-4-1-5-12-13(11)14(19-9-18-12)17-8-10-3-2-6-16-7-10;/h1-7,9H,8H2,(H,20,21)(H,17,18,19);1H. The van der Waals surface area contributed by atoms with E-state index in [9.17, 15) is 9.90 Å². The Morgan fingerprint density at radius 2 is 2.05 bits per heavy atom. The average Bonchev–Trinajstić information content (AvgIpc) is 2.53. The van der Waals surface area contributed by atoms with Gasteiger partial charge < -0.3 is 10.4 Å². The van der Waals surface area contributed by atoms with Gasteiger partial charge in [0.1, 0.15) is 12.1 Å². The topological polar surface area (TPSA) is 88.0 Å². The van der Waals surface area contributed by atoms with E-state index in [1.165, 1.54) is 6.33 Å². The molecule has 7 heteroatoms. The predicted molar refractivity (Wildman–Crippen MR) is 85.3 cm³/mol. The van der Waals surface area contributed by atoms with Gasteiger partial charge in [0.2, 0.25) is 0 Å². The molecule has 3 rings (SSSR count). The summed E-state index contributed by atoms with van der Waals surface area (Å²) < 4.78 is 0. The lowest BCUT2D eigenvalue weighted by atomic mass is 10.1. The third-order valence-corrected chi connectivity index (χ3v) is 3.08. The van der Waals surface area contributed by atoms with Gasteiger partial charge in [0.05, 0.1) is 16.5 Å². The first kappa shape index (κ1) is 15.7. The number of hydrogen-bond acceptors (Lipinski definition) is 5. The van der Waals surface area contributed by atoms with E-state index in [0.717, 1.165) is 5.56 Å². The Bertz CT molecular complexity index is 791. The minimum atomic E-state index is -1.00. The van der Waals surface area contributed by atoms with E-state index in [2.05, 4.69) is 20.3 Å². The van der Waals surface area contributed by atoms with Gasteiger partial charge in [-0.05, 0) is 23.8 Å². The molecular formula is C15H13ClN4O2. The highest BCUT2D eigenvalue weighted by Gasteiger charge is 2.13. The summed E-state index contributed by atoms with van der Waals surface area (Å²) in [6, 6.07) is 8.75. The van der Waals surface area contributed by atoms with Crippen LogP contribution in [-0.4, -0.2) is 26.0 Å². The Labute approximate surface area is 132 Å². The molecule has 2 N–H and O–H groups in total. The van der Waals surface area contributed by atoms with Gasteiger partial charge in [-0.25, -0.2) is 14.8 Å². The normalized spacial score (nSPS) is 10.0. The summed E-state index contributed by atoms with van der Waals surface area (Å²) in [5.74, 6) is -0.498. The molecule has 0 aliphatic carbocycles. The Balaban J connectivity index is 0.00000176. The number of hydrogen-bond donors (Lipinski definition) is 2. The van der Waals surface area contributed by atoms with Crippen LogP contribution in [0.15, 0.2) is 49.1 Å². The van der Waals surface area contributed by atoms with Crippen LogP contribution in [-0.2, 0) is 6.54 Å². The van der Waals surface area contributed by atoms with Crippen molar-refractivity contribution in [1.82, 2.24) is 15.0 Å². The highest BCUT2D eigenvalue weighted by atomic mass is 35.5. The molecule has 3 aromatic rings. The smallest absolute Gasteiger partial charge is 0.336 e. The molecule has 0 atom stereocenters. The second-order valence-corrected chi connectivity index (χ2v) is 4.44. The highest BCUT2D eigenvalue weighted by Crippen LogP contribution is 2.24. The number of carboxylic acids is 1. The zero-order chi connectivity index (χ0) is 14.7. The number of nitrogens with zero attached hydrogens (tertiary/aromatic N) is 3. The molecule has 0 saturated carbocycles. The Morgan fingerprint density at radius 1 is 1.18 bits per heavy atom. The molecule has 0 amide bonds. The van der Waals surface area contributed by atoms with E-state index in [0.29, 0.717) is 23.3 Å². The predicted octanol–water partition coefficient (Wildman–Crippen LogP) is 2.76. The summed E-state index contributed by atoms with van der Waals surface area (Å²) in [5.41, 5.74) is 1.76. The lowest BCUT2D eigenvalue weighted by Crippen LogP contribution is -2.06. The third-order valence-electron chi connectivity index (χ3n) is 3.08. The minimum absolute atomic E-state index is 0. The van der Waals surface area contributed by atoms with Gasteiger partial charge in [-0.3, -0.25) is 4.98 Å². The molecule has 112 valence electrons. The first-order chi connectivity index (χ1) is 10.3. The number of pyridine rings is 1. The molecule has 0 aliphatic rings. The van der Waals surface area contributed by atoms with Crippen LogP contribution >= 0.6 is 12.4 Å². The second-order valence-electron chi connectivity index (χ2n) is 4.44. The highest BCUT2D eigenvalue weighted by molar-refractivity contribution is 6.06. The molecule has 0 radical (unpaired) electrons. The van der Waals surface area contributed by atoms with Gasteiger partial charge in [-0.1, -0.05) is 12.1 Å². The molecule has 0 aliphatic heterocycles. The van der Waals surface area contributed by atoms with Crippen molar-refractivity contribution in [3.05, 3.63) is 60.2 Å². The quantitative estimate of drug-likeness (QED) is 0.769. The van der Waals surface area contributed by atoms with Gasteiger partial charge in [0.25, 0.3) is 0 Å². The van der Waals surface area contributed by atoms with Crippen LogP contribution in [0.2, 0.25) is 0 Å². The molecule has 1 aromatic carbocycles. The van der Waals surface area contributed by atoms with E-state index in [-0.39, 0.29) is 18.0 Å². The third kappa shape index (κ3) is 3.12. The van der Waals surface area contributed by atoms with Crippen LogP contribution in [0.5, 0.6) is 0 Å². The first-order valence-electron chi connectivity index (χ1n) is 6.35. The average molecular weight is 317 g/mol. The maximum absolute atomic E-state index is 11.3. The van der Waals surface area contributed by atoms with Gasteiger partial charge in [-0.15, -0.1) is 12.4 Å². The van der Waals surface area contributed by atoms with Crippen molar-refractivity contribution < 1.29 is 9.90 Å². The summed E-state index contributed by atoms with van der Waals surface area (Å²) in [7, 11) is 0. The number of anilines is 1. The number of aromatic nitrogens is 3. The maximum Gasteiger partial charge on any atom is 0.336 e.